The van der Waals surface area contributed by atoms with Crippen LogP contribution in [0.25, 0.3) is 0 Å². The number of carbonyl (C=O) groups is 1. The van der Waals surface area contributed by atoms with Crippen LogP contribution in [0.1, 0.15) is 11.6 Å². The first kappa shape index (κ1) is 13.9. The normalized spacial score (nSPS) is 16.3. The molecule has 0 saturated heterocycles. The zero-order valence-electron chi connectivity index (χ0n) is 11.7. The highest BCUT2D eigenvalue weighted by Crippen LogP contribution is 2.36. The van der Waals surface area contributed by atoms with E-state index in [-0.39, 0.29) is 5.91 Å². The molecule has 108 valence electrons. The molecule has 0 bridgehead atoms. The fraction of sp³-hybridized carbons (Fsp3) is 0.200. The highest BCUT2D eigenvalue weighted by atomic mass is 79.9. The van der Waals surface area contributed by atoms with E-state index in [4.69, 9.17) is 0 Å². The van der Waals surface area contributed by atoms with Gasteiger partial charge in [-0.15, -0.1) is 0 Å². The highest BCUT2D eigenvalue weighted by Gasteiger charge is 2.31. The second kappa shape index (κ2) is 5.37. The molecule has 6 heteroatoms. The number of pyridine rings is 1. The molecule has 2 N–H and O–H groups in total. The monoisotopic (exact) mass is 346 g/mol. The van der Waals surface area contributed by atoms with Crippen molar-refractivity contribution in [1.82, 2.24) is 4.98 Å². The first-order chi connectivity index (χ1) is 10.1. The van der Waals surface area contributed by atoms with Crippen LogP contribution in [-0.4, -0.2) is 25.0 Å². The van der Waals surface area contributed by atoms with Crippen molar-refractivity contribution in [2.45, 2.75) is 6.04 Å². The van der Waals surface area contributed by atoms with E-state index < -0.39 is 6.04 Å². The summed E-state index contributed by atoms with van der Waals surface area (Å²) in [5.74, 6) is 0.743. The fourth-order valence-electron chi connectivity index (χ4n) is 2.40. The molecule has 21 heavy (non-hydrogen) atoms. The largest absolute Gasteiger partial charge is 0.367 e. The molecule has 2 heterocycles. The lowest BCUT2D eigenvalue weighted by Crippen LogP contribution is -2.21. The Bertz CT molecular complexity index is 702. The van der Waals surface area contributed by atoms with E-state index in [9.17, 15) is 4.79 Å². The maximum atomic E-state index is 12.2. The topological polar surface area (TPSA) is 57.3 Å². The van der Waals surface area contributed by atoms with Gasteiger partial charge in [0, 0.05) is 36.0 Å². The summed E-state index contributed by atoms with van der Waals surface area (Å²) in [6.45, 7) is 0. The quantitative estimate of drug-likeness (QED) is 0.896. The Hall–Kier alpha value is -2.08. The van der Waals surface area contributed by atoms with Crippen LogP contribution in [0.5, 0.6) is 0 Å². The summed E-state index contributed by atoms with van der Waals surface area (Å²) in [6, 6.07) is 9.16. The van der Waals surface area contributed by atoms with E-state index in [1.54, 1.807) is 6.20 Å². The van der Waals surface area contributed by atoms with Crippen LogP contribution >= 0.6 is 15.9 Å². The van der Waals surface area contributed by atoms with Crippen molar-refractivity contribution in [3.05, 3.63) is 46.6 Å². The Morgan fingerprint density at radius 2 is 2.14 bits per heavy atom. The Kier molecular flexibility index (Phi) is 3.55. The Morgan fingerprint density at radius 1 is 1.33 bits per heavy atom. The lowest BCUT2D eigenvalue weighted by atomic mass is 10.1. The molecular weight excluding hydrogens is 332 g/mol. The molecule has 0 aliphatic carbocycles. The zero-order chi connectivity index (χ0) is 15.0. The Balaban J connectivity index is 1.95. The minimum absolute atomic E-state index is 0.0586. The van der Waals surface area contributed by atoms with Gasteiger partial charge in [-0.2, -0.15) is 0 Å². The summed E-state index contributed by atoms with van der Waals surface area (Å²) < 4.78 is 0.942. The maximum absolute atomic E-state index is 12.2. The molecule has 2 aromatic rings. The molecule has 1 aromatic carbocycles. The number of amides is 1. The minimum atomic E-state index is -0.406. The molecule has 1 atom stereocenters. The van der Waals surface area contributed by atoms with Crippen LogP contribution in [-0.2, 0) is 4.79 Å². The summed E-state index contributed by atoms with van der Waals surface area (Å²) >= 11 is 3.41. The fourth-order valence-corrected chi connectivity index (χ4v) is 2.76. The molecule has 1 aliphatic rings. The number of nitrogens with one attached hydrogen (secondary N) is 2. The van der Waals surface area contributed by atoms with Gasteiger partial charge < -0.3 is 15.5 Å². The van der Waals surface area contributed by atoms with Gasteiger partial charge in [-0.25, -0.2) is 4.98 Å². The van der Waals surface area contributed by atoms with Gasteiger partial charge in [0.05, 0.1) is 5.69 Å². The smallest absolute Gasteiger partial charge is 0.251 e. The van der Waals surface area contributed by atoms with Gasteiger partial charge in [-0.1, -0.05) is 22.0 Å². The number of nitrogens with zero attached hydrogens (tertiary/aromatic N) is 2. The maximum Gasteiger partial charge on any atom is 0.251 e. The number of aromatic nitrogens is 1. The van der Waals surface area contributed by atoms with Gasteiger partial charge in [0.2, 0.25) is 0 Å². The third-order valence-corrected chi connectivity index (χ3v) is 3.85. The molecular formula is C15H15BrN4O. The second-order valence-corrected chi connectivity index (χ2v) is 5.98. The number of anilines is 3. The van der Waals surface area contributed by atoms with Crippen LogP contribution in [0.2, 0.25) is 0 Å². The number of fused-ring (bicyclic) bond motifs is 1. The number of hydrogen-bond acceptors (Lipinski definition) is 4. The highest BCUT2D eigenvalue weighted by molar-refractivity contribution is 9.10. The molecule has 3 rings (SSSR count). The van der Waals surface area contributed by atoms with Crippen molar-refractivity contribution in [1.29, 1.82) is 0 Å². The van der Waals surface area contributed by atoms with Crippen molar-refractivity contribution in [3.63, 3.8) is 0 Å². The number of rotatable bonds is 3. The summed E-state index contributed by atoms with van der Waals surface area (Å²) in [5.41, 5.74) is 2.61. The molecule has 1 aromatic heterocycles. The van der Waals surface area contributed by atoms with Gasteiger partial charge in [0.25, 0.3) is 5.91 Å². The minimum Gasteiger partial charge on any atom is -0.367 e. The lowest BCUT2D eigenvalue weighted by molar-refractivity contribution is -0.116. The van der Waals surface area contributed by atoms with E-state index in [1.807, 2.05) is 49.3 Å². The average Bonchev–Trinajstić information content (AvgIpc) is 2.74. The molecule has 0 saturated carbocycles. The third kappa shape index (κ3) is 2.58. The molecule has 1 unspecified atom stereocenters. The van der Waals surface area contributed by atoms with E-state index in [0.717, 1.165) is 27.2 Å². The molecule has 1 aliphatic heterocycles. The van der Waals surface area contributed by atoms with Gasteiger partial charge in [0.1, 0.15) is 6.04 Å². The molecule has 0 radical (unpaired) electrons. The number of halogens is 1. The predicted molar refractivity (Wildman–Crippen MR) is 87.7 cm³/mol. The van der Waals surface area contributed by atoms with E-state index in [1.165, 1.54) is 0 Å². The van der Waals surface area contributed by atoms with Crippen molar-refractivity contribution in [2.24, 2.45) is 0 Å². The summed E-state index contributed by atoms with van der Waals surface area (Å²) in [4.78, 5) is 18.5. The number of benzene rings is 1. The van der Waals surface area contributed by atoms with Crippen molar-refractivity contribution >= 4 is 39.0 Å². The van der Waals surface area contributed by atoms with Crippen LogP contribution in [0, 0.1) is 0 Å². The van der Waals surface area contributed by atoms with Crippen LogP contribution in [0.4, 0.5) is 17.2 Å². The first-order valence-corrected chi connectivity index (χ1v) is 7.35. The van der Waals surface area contributed by atoms with E-state index in [0.29, 0.717) is 0 Å². The van der Waals surface area contributed by atoms with Crippen LogP contribution in [0.3, 0.4) is 0 Å². The van der Waals surface area contributed by atoms with E-state index >= 15 is 0 Å². The Labute approximate surface area is 131 Å². The van der Waals surface area contributed by atoms with Crippen LogP contribution in [0.15, 0.2) is 41.0 Å². The second-order valence-electron chi connectivity index (χ2n) is 5.07. The number of carbonyl (C=O) groups excluding carboxylic acids is 1. The first-order valence-electron chi connectivity index (χ1n) is 6.55. The average molecular weight is 347 g/mol. The molecule has 0 fully saturated rings. The number of hydrogen-bond donors (Lipinski definition) is 2. The molecule has 1 amide bonds. The predicted octanol–water partition coefficient (Wildman–Crippen LogP) is 3.02. The summed E-state index contributed by atoms with van der Waals surface area (Å²) in [5, 5.41) is 6.18. The van der Waals surface area contributed by atoms with Gasteiger partial charge in [0.15, 0.2) is 5.82 Å². The zero-order valence-corrected chi connectivity index (χ0v) is 13.3. The summed E-state index contributed by atoms with van der Waals surface area (Å²) in [7, 11) is 3.85. The molecule has 5 nitrogen and oxygen atoms in total. The van der Waals surface area contributed by atoms with Gasteiger partial charge >= 0.3 is 0 Å². The van der Waals surface area contributed by atoms with E-state index in [2.05, 4.69) is 31.5 Å². The standard InChI is InChI=1S/C15H15BrN4O/c1-20(2)14-11(4-3-7-17-14)18-13-10-6-5-9(16)8-12(10)19-15(13)21/h3-8,13,18H,1-2H3,(H,19,21). The SMILES string of the molecule is CN(C)c1ncccc1NC1C(=O)Nc2cc(Br)ccc21. The molecule has 0 spiro atoms. The van der Waals surface area contributed by atoms with Gasteiger partial charge in [-0.3, -0.25) is 4.79 Å². The van der Waals surface area contributed by atoms with Crippen LogP contribution < -0.4 is 15.5 Å². The Morgan fingerprint density at radius 3 is 2.90 bits per heavy atom. The van der Waals surface area contributed by atoms with Gasteiger partial charge in [-0.05, 0) is 24.3 Å². The van der Waals surface area contributed by atoms with Crippen molar-refractivity contribution in [3.8, 4) is 0 Å². The van der Waals surface area contributed by atoms with Crippen molar-refractivity contribution < 1.29 is 4.79 Å². The lowest BCUT2D eigenvalue weighted by Gasteiger charge is -2.19. The third-order valence-electron chi connectivity index (χ3n) is 3.36. The summed E-state index contributed by atoms with van der Waals surface area (Å²) in [6.07, 6.45) is 1.74. The van der Waals surface area contributed by atoms with Crippen molar-refractivity contribution in [2.75, 3.05) is 29.6 Å².